The predicted octanol–water partition coefficient (Wildman–Crippen LogP) is 2.97. The second-order valence-corrected chi connectivity index (χ2v) is 9.14. The second-order valence-electron chi connectivity index (χ2n) is 8.38. The van der Waals surface area contributed by atoms with E-state index in [-0.39, 0.29) is 32.8 Å². The molecule has 0 aliphatic carbocycles. The van der Waals surface area contributed by atoms with Gasteiger partial charge in [-0.05, 0) is 43.8 Å². The minimum absolute atomic E-state index is 0.00194. The lowest BCUT2D eigenvalue weighted by Gasteiger charge is -2.35. The van der Waals surface area contributed by atoms with E-state index in [9.17, 15) is 9.59 Å². The van der Waals surface area contributed by atoms with Crippen molar-refractivity contribution >= 4 is 51.6 Å². The standard InChI is InChI=1S/C23H22Cl2N8O2/c1-13-11-14(3-4-17(13)32-9-7-31(2)8-10-32)28-22-27-12-15-20(29-22)30-23(35)33(21(15)34)18-16(24)5-6-26-19(18)25/h3-6,11-12H,7-10H2,1-2H3,(H2,27,28,29,30,35). The molecule has 1 aromatic carbocycles. The summed E-state index contributed by atoms with van der Waals surface area (Å²) in [6, 6.07) is 7.50. The maximum Gasteiger partial charge on any atom is 0.334 e. The Bertz CT molecular complexity index is 1520. The number of benzene rings is 1. The van der Waals surface area contributed by atoms with E-state index in [2.05, 4.69) is 55.1 Å². The zero-order chi connectivity index (χ0) is 24.7. The Morgan fingerprint density at radius 2 is 1.83 bits per heavy atom. The molecule has 1 aliphatic heterocycles. The molecule has 12 heteroatoms. The monoisotopic (exact) mass is 512 g/mol. The van der Waals surface area contributed by atoms with Crippen LogP contribution in [0.2, 0.25) is 10.2 Å². The Labute approximate surface area is 210 Å². The molecule has 1 saturated heterocycles. The lowest BCUT2D eigenvalue weighted by atomic mass is 10.1. The Morgan fingerprint density at radius 1 is 1.06 bits per heavy atom. The molecule has 180 valence electrons. The van der Waals surface area contributed by atoms with Crippen LogP contribution in [-0.4, -0.2) is 62.6 Å². The number of aromatic amines is 1. The van der Waals surface area contributed by atoms with E-state index >= 15 is 0 Å². The number of halogens is 2. The average Bonchev–Trinajstić information content (AvgIpc) is 2.81. The summed E-state index contributed by atoms with van der Waals surface area (Å²) in [5.41, 5.74) is 1.82. The molecule has 5 rings (SSSR count). The van der Waals surface area contributed by atoms with Crippen LogP contribution in [0.4, 0.5) is 17.3 Å². The topological polar surface area (TPSA) is 112 Å². The van der Waals surface area contributed by atoms with Gasteiger partial charge in [0.25, 0.3) is 5.56 Å². The van der Waals surface area contributed by atoms with E-state index in [1.807, 2.05) is 12.1 Å². The van der Waals surface area contributed by atoms with E-state index in [1.54, 1.807) is 0 Å². The van der Waals surface area contributed by atoms with Crippen LogP contribution in [0.15, 0.2) is 46.2 Å². The maximum atomic E-state index is 13.1. The number of aryl methyl sites for hydroxylation is 1. The van der Waals surface area contributed by atoms with E-state index in [0.717, 1.165) is 42.0 Å². The molecule has 35 heavy (non-hydrogen) atoms. The lowest BCUT2D eigenvalue weighted by molar-refractivity contribution is 0.312. The molecule has 0 spiro atoms. The largest absolute Gasteiger partial charge is 0.369 e. The van der Waals surface area contributed by atoms with Gasteiger partial charge >= 0.3 is 5.69 Å². The van der Waals surface area contributed by atoms with Crippen LogP contribution in [0.3, 0.4) is 0 Å². The number of hydrogen-bond donors (Lipinski definition) is 2. The van der Waals surface area contributed by atoms with Crippen molar-refractivity contribution in [2.45, 2.75) is 6.92 Å². The normalized spacial score (nSPS) is 14.5. The summed E-state index contributed by atoms with van der Waals surface area (Å²) in [6.45, 7) is 6.10. The number of nitrogens with zero attached hydrogens (tertiary/aromatic N) is 6. The van der Waals surface area contributed by atoms with Crippen molar-refractivity contribution in [1.82, 2.24) is 29.4 Å². The Morgan fingerprint density at radius 3 is 2.54 bits per heavy atom. The quantitative estimate of drug-likeness (QED) is 0.401. The van der Waals surface area contributed by atoms with Gasteiger partial charge in [0.15, 0.2) is 10.8 Å². The van der Waals surface area contributed by atoms with Gasteiger partial charge in [-0.25, -0.2) is 19.3 Å². The maximum absolute atomic E-state index is 13.1. The molecule has 10 nitrogen and oxygen atoms in total. The van der Waals surface area contributed by atoms with Crippen molar-refractivity contribution in [2.75, 3.05) is 43.4 Å². The number of pyridine rings is 1. The molecular formula is C23H22Cl2N8O2. The Hall–Kier alpha value is -3.47. The first-order valence-electron chi connectivity index (χ1n) is 11.0. The SMILES string of the molecule is Cc1cc(Nc2ncc3c(=O)n(-c4c(Cl)ccnc4Cl)c(=O)[nH]c3n2)ccc1N1CCN(C)CC1. The molecule has 0 bridgehead atoms. The fourth-order valence-electron chi connectivity index (χ4n) is 4.14. The van der Waals surface area contributed by atoms with Crippen molar-refractivity contribution < 1.29 is 0 Å². The smallest absolute Gasteiger partial charge is 0.334 e. The molecule has 3 aromatic heterocycles. The van der Waals surface area contributed by atoms with E-state index in [0.29, 0.717) is 0 Å². The number of hydrogen-bond acceptors (Lipinski definition) is 8. The molecule has 1 fully saturated rings. The van der Waals surface area contributed by atoms with Crippen LogP contribution in [0.5, 0.6) is 0 Å². The summed E-state index contributed by atoms with van der Waals surface area (Å²) < 4.78 is 0.830. The van der Waals surface area contributed by atoms with Crippen LogP contribution >= 0.6 is 23.2 Å². The number of nitrogens with one attached hydrogen (secondary N) is 2. The van der Waals surface area contributed by atoms with Crippen LogP contribution < -0.4 is 21.5 Å². The molecule has 2 N–H and O–H groups in total. The van der Waals surface area contributed by atoms with Crippen LogP contribution in [0, 0.1) is 6.92 Å². The fourth-order valence-corrected chi connectivity index (χ4v) is 4.66. The van der Waals surface area contributed by atoms with Gasteiger partial charge in [0.1, 0.15) is 11.1 Å². The van der Waals surface area contributed by atoms with Gasteiger partial charge in [-0.2, -0.15) is 4.98 Å². The van der Waals surface area contributed by atoms with E-state index in [4.69, 9.17) is 23.2 Å². The van der Waals surface area contributed by atoms with Crippen molar-refractivity contribution in [1.29, 1.82) is 0 Å². The van der Waals surface area contributed by atoms with Gasteiger partial charge in [0, 0.05) is 49.9 Å². The fraction of sp³-hybridized carbons (Fsp3) is 0.261. The molecule has 0 amide bonds. The highest BCUT2D eigenvalue weighted by molar-refractivity contribution is 6.37. The van der Waals surface area contributed by atoms with Crippen molar-refractivity contribution in [3.63, 3.8) is 0 Å². The number of piperazine rings is 1. The summed E-state index contributed by atoms with van der Waals surface area (Å²) in [5.74, 6) is 0.245. The minimum Gasteiger partial charge on any atom is -0.369 e. The third-order valence-corrected chi connectivity index (χ3v) is 6.58. The highest BCUT2D eigenvalue weighted by Gasteiger charge is 2.18. The number of fused-ring (bicyclic) bond motifs is 1. The first kappa shape index (κ1) is 23.3. The van der Waals surface area contributed by atoms with Crippen LogP contribution in [0.1, 0.15) is 5.56 Å². The summed E-state index contributed by atoms with van der Waals surface area (Å²) in [5, 5.41) is 3.30. The molecule has 1 aliphatic rings. The highest BCUT2D eigenvalue weighted by atomic mass is 35.5. The van der Waals surface area contributed by atoms with Gasteiger partial charge in [-0.3, -0.25) is 9.78 Å². The highest BCUT2D eigenvalue weighted by Crippen LogP contribution is 2.26. The molecule has 0 saturated carbocycles. The number of H-pyrrole nitrogens is 1. The molecule has 0 unspecified atom stereocenters. The molecule has 4 heterocycles. The number of likely N-dealkylation sites (N-methyl/N-ethyl adjacent to an activating group) is 1. The van der Waals surface area contributed by atoms with Gasteiger partial charge in [-0.15, -0.1) is 0 Å². The van der Waals surface area contributed by atoms with E-state index in [1.165, 1.54) is 24.1 Å². The van der Waals surface area contributed by atoms with Crippen LogP contribution in [0.25, 0.3) is 16.7 Å². The molecule has 0 atom stereocenters. The van der Waals surface area contributed by atoms with Crippen LogP contribution in [-0.2, 0) is 0 Å². The first-order valence-corrected chi connectivity index (χ1v) is 11.7. The first-order chi connectivity index (χ1) is 16.8. The van der Waals surface area contributed by atoms with Crippen molar-refractivity contribution in [3.8, 4) is 5.69 Å². The average molecular weight is 513 g/mol. The third kappa shape index (κ3) is 4.47. The third-order valence-electron chi connectivity index (χ3n) is 6.00. The van der Waals surface area contributed by atoms with Crippen molar-refractivity contribution in [2.24, 2.45) is 0 Å². The van der Waals surface area contributed by atoms with E-state index < -0.39 is 11.2 Å². The van der Waals surface area contributed by atoms with Gasteiger partial charge < -0.3 is 15.1 Å². The summed E-state index contributed by atoms with van der Waals surface area (Å²) in [4.78, 5) is 45.6. The van der Waals surface area contributed by atoms with Gasteiger partial charge in [0.2, 0.25) is 5.95 Å². The molecule has 0 radical (unpaired) electrons. The number of anilines is 3. The van der Waals surface area contributed by atoms with Crippen molar-refractivity contribution in [3.05, 3.63) is 73.2 Å². The lowest BCUT2D eigenvalue weighted by Crippen LogP contribution is -2.44. The molecular weight excluding hydrogens is 491 g/mol. The predicted molar refractivity (Wildman–Crippen MR) is 138 cm³/mol. The minimum atomic E-state index is -0.740. The summed E-state index contributed by atoms with van der Waals surface area (Å²) in [6.07, 6.45) is 2.73. The molecule has 4 aromatic rings. The summed E-state index contributed by atoms with van der Waals surface area (Å²) in [7, 11) is 2.13. The van der Waals surface area contributed by atoms with Gasteiger partial charge in [0.05, 0.1) is 5.02 Å². The number of rotatable bonds is 4. The van der Waals surface area contributed by atoms with Gasteiger partial charge in [-0.1, -0.05) is 23.2 Å². The summed E-state index contributed by atoms with van der Waals surface area (Å²) >= 11 is 12.3. The second kappa shape index (κ2) is 9.29. The Balaban J connectivity index is 1.45. The zero-order valence-corrected chi connectivity index (χ0v) is 20.6. The number of aromatic nitrogens is 5. The Kier molecular flexibility index (Phi) is 6.18. The zero-order valence-electron chi connectivity index (χ0n) is 19.0.